The third-order valence-electron chi connectivity index (χ3n) is 10.6. The van der Waals surface area contributed by atoms with Gasteiger partial charge in [-0.25, -0.2) is 9.97 Å². The number of furan rings is 2. The maximum atomic E-state index is 6.70. The molecular weight excluding hydrogens is 687 g/mol. The maximum Gasteiger partial charge on any atom is 0.160 e. The Morgan fingerprint density at radius 1 is 0.339 bits per heavy atom. The summed E-state index contributed by atoms with van der Waals surface area (Å²) >= 11 is 0. The number of nitrogens with zero attached hydrogens (tertiary/aromatic N) is 3. The van der Waals surface area contributed by atoms with Crippen molar-refractivity contribution in [3.05, 3.63) is 188 Å². The van der Waals surface area contributed by atoms with Gasteiger partial charge in [0.15, 0.2) is 5.82 Å². The lowest BCUT2D eigenvalue weighted by Gasteiger charge is -2.12. The molecule has 0 amide bonds. The summed E-state index contributed by atoms with van der Waals surface area (Å²) in [5.74, 6) is 0.658. The van der Waals surface area contributed by atoms with E-state index < -0.39 is 0 Å². The Hall–Kier alpha value is -7.63. The Balaban J connectivity index is 1.03. The number of benzene rings is 7. The zero-order valence-electron chi connectivity index (χ0n) is 30.1. The van der Waals surface area contributed by atoms with Gasteiger partial charge < -0.3 is 8.83 Å². The fourth-order valence-electron chi connectivity index (χ4n) is 7.92. The molecule has 0 aliphatic rings. The molecule has 262 valence electrons. The van der Waals surface area contributed by atoms with Crippen LogP contribution in [0.25, 0.3) is 111 Å². The van der Waals surface area contributed by atoms with E-state index in [4.69, 9.17) is 18.8 Å². The van der Waals surface area contributed by atoms with Crippen LogP contribution < -0.4 is 0 Å². The first kappa shape index (κ1) is 31.9. The lowest BCUT2D eigenvalue weighted by molar-refractivity contribution is 0.669. The van der Waals surface area contributed by atoms with Crippen LogP contribution in [0.4, 0.5) is 0 Å². The van der Waals surface area contributed by atoms with E-state index in [9.17, 15) is 0 Å². The SMILES string of the molecule is c1ccc(-c2cc(-c3cccc(-c4ccncc4)c3)nc(-c3ccc(-c4ccc(-c5cccc6c5oc5ccccc56)c5c4oc4ccccc45)cc3)n2)cc1. The summed E-state index contributed by atoms with van der Waals surface area (Å²) in [5, 5.41) is 4.34. The number of aromatic nitrogens is 3. The molecule has 0 atom stereocenters. The van der Waals surface area contributed by atoms with E-state index in [1.807, 2.05) is 67.0 Å². The summed E-state index contributed by atoms with van der Waals surface area (Å²) < 4.78 is 13.2. The standard InChI is InChI=1S/C51H31N3O2/c1-2-10-34(11-3-1)44-31-45(37-13-8-12-36(30-37)32-26-28-52-29-27-32)54-51(53-44)35-22-20-33(21-23-35)38-24-25-40(48-43-15-5-7-19-47(43)56-50(38)48)42-17-9-16-41-39-14-4-6-18-46(39)55-49(41)42/h1-31H. The van der Waals surface area contributed by atoms with Gasteiger partial charge in [0.1, 0.15) is 22.3 Å². The first-order valence-corrected chi connectivity index (χ1v) is 18.7. The zero-order chi connectivity index (χ0) is 37.0. The molecule has 0 radical (unpaired) electrons. The van der Waals surface area contributed by atoms with Gasteiger partial charge in [0.2, 0.25) is 0 Å². The van der Waals surface area contributed by atoms with Crippen molar-refractivity contribution >= 4 is 43.9 Å². The molecule has 0 unspecified atom stereocenters. The molecule has 0 fully saturated rings. The van der Waals surface area contributed by atoms with E-state index in [-0.39, 0.29) is 0 Å². The van der Waals surface area contributed by atoms with Crippen LogP contribution in [0.2, 0.25) is 0 Å². The smallest absolute Gasteiger partial charge is 0.160 e. The van der Waals surface area contributed by atoms with Gasteiger partial charge in [0.05, 0.1) is 11.4 Å². The third kappa shape index (κ3) is 5.37. The van der Waals surface area contributed by atoms with Crippen LogP contribution in [0.3, 0.4) is 0 Å². The van der Waals surface area contributed by atoms with Crippen molar-refractivity contribution in [3.63, 3.8) is 0 Å². The Morgan fingerprint density at radius 3 is 1.77 bits per heavy atom. The topological polar surface area (TPSA) is 65.0 Å². The van der Waals surface area contributed by atoms with Gasteiger partial charge >= 0.3 is 0 Å². The molecule has 7 aromatic carbocycles. The molecule has 0 N–H and O–H groups in total. The largest absolute Gasteiger partial charge is 0.455 e. The number of pyridine rings is 1. The molecule has 11 aromatic rings. The van der Waals surface area contributed by atoms with Crippen LogP contribution in [0.15, 0.2) is 197 Å². The van der Waals surface area contributed by atoms with Crippen LogP contribution in [-0.2, 0) is 0 Å². The molecule has 0 saturated heterocycles. The Morgan fingerprint density at radius 2 is 0.946 bits per heavy atom. The van der Waals surface area contributed by atoms with Crippen LogP contribution in [-0.4, -0.2) is 15.0 Å². The molecular formula is C51H31N3O2. The van der Waals surface area contributed by atoms with Crippen molar-refractivity contribution in [3.8, 4) is 67.3 Å². The van der Waals surface area contributed by atoms with Gasteiger partial charge in [0.25, 0.3) is 0 Å². The number of para-hydroxylation sites is 3. The molecule has 4 aromatic heterocycles. The second kappa shape index (κ2) is 13.0. The predicted molar refractivity (Wildman–Crippen MR) is 227 cm³/mol. The summed E-state index contributed by atoms with van der Waals surface area (Å²) in [5.41, 5.74) is 14.5. The first-order chi connectivity index (χ1) is 27.7. The lowest BCUT2D eigenvalue weighted by Crippen LogP contribution is -1.96. The van der Waals surface area contributed by atoms with Gasteiger partial charge in [-0.05, 0) is 64.7 Å². The van der Waals surface area contributed by atoms with Crippen LogP contribution in [0, 0.1) is 0 Å². The van der Waals surface area contributed by atoms with E-state index in [0.717, 1.165) is 105 Å². The van der Waals surface area contributed by atoms with Crippen molar-refractivity contribution in [2.75, 3.05) is 0 Å². The Bertz CT molecular complexity index is 3240. The average molecular weight is 718 g/mol. The summed E-state index contributed by atoms with van der Waals surface area (Å²) in [7, 11) is 0. The highest BCUT2D eigenvalue weighted by atomic mass is 16.3. The minimum atomic E-state index is 0.658. The number of rotatable bonds is 6. The van der Waals surface area contributed by atoms with Gasteiger partial charge in [-0.15, -0.1) is 0 Å². The van der Waals surface area contributed by atoms with Crippen molar-refractivity contribution in [1.29, 1.82) is 0 Å². The highest BCUT2D eigenvalue weighted by Crippen LogP contribution is 2.45. The molecule has 0 spiro atoms. The molecule has 5 nitrogen and oxygen atoms in total. The van der Waals surface area contributed by atoms with E-state index >= 15 is 0 Å². The molecule has 11 rings (SSSR count). The van der Waals surface area contributed by atoms with Gasteiger partial charge in [0, 0.05) is 61.8 Å². The Labute approximate surface area is 322 Å². The highest BCUT2D eigenvalue weighted by molar-refractivity contribution is 6.19. The fraction of sp³-hybridized carbons (Fsp3) is 0. The molecule has 0 aliphatic carbocycles. The Kier molecular flexibility index (Phi) is 7.42. The van der Waals surface area contributed by atoms with E-state index in [1.54, 1.807) is 0 Å². The molecule has 0 aliphatic heterocycles. The molecule has 56 heavy (non-hydrogen) atoms. The zero-order valence-corrected chi connectivity index (χ0v) is 30.1. The normalized spacial score (nSPS) is 11.6. The summed E-state index contributed by atoms with van der Waals surface area (Å²) in [6.45, 7) is 0. The predicted octanol–water partition coefficient (Wildman–Crippen LogP) is 13.7. The molecule has 0 bridgehead atoms. The van der Waals surface area contributed by atoms with Crippen LogP contribution in [0.5, 0.6) is 0 Å². The van der Waals surface area contributed by atoms with Gasteiger partial charge in [-0.2, -0.15) is 0 Å². The van der Waals surface area contributed by atoms with Crippen molar-refractivity contribution in [1.82, 2.24) is 15.0 Å². The summed E-state index contributed by atoms with van der Waals surface area (Å²) in [6, 6.07) is 60.6. The summed E-state index contributed by atoms with van der Waals surface area (Å²) in [6.07, 6.45) is 3.64. The van der Waals surface area contributed by atoms with Gasteiger partial charge in [-0.3, -0.25) is 4.98 Å². The lowest BCUT2D eigenvalue weighted by atomic mass is 9.93. The first-order valence-electron chi connectivity index (χ1n) is 18.7. The van der Waals surface area contributed by atoms with E-state index in [2.05, 4.69) is 126 Å². The fourth-order valence-corrected chi connectivity index (χ4v) is 7.92. The molecule has 5 heteroatoms. The average Bonchev–Trinajstić information content (AvgIpc) is 3.86. The number of hydrogen-bond donors (Lipinski definition) is 0. The van der Waals surface area contributed by atoms with Crippen molar-refractivity contribution < 1.29 is 8.83 Å². The van der Waals surface area contributed by atoms with Crippen molar-refractivity contribution in [2.45, 2.75) is 0 Å². The van der Waals surface area contributed by atoms with Crippen LogP contribution >= 0.6 is 0 Å². The minimum absolute atomic E-state index is 0.658. The second-order valence-electron chi connectivity index (χ2n) is 14.0. The maximum absolute atomic E-state index is 6.70. The highest BCUT2D eigenvalue weighted by Gasteiger charge is 2.21. The van der Waals surface area contributed by atoms with Gasteiger partial charge in [-0.1, -0.05) is 133 Å². The quantitative estimate of drug-likeness (QED) is 0.171. The minimum Gasteiger partial charge on any atom is -0.455 e. The second-order valence-corrected chi connectivity index (χ2v) is 14.0. The number of fused-ring (bicyclic) bond motifs is 6. The number of hydrogen-bond acceptors (Lipinski definition) is 5. The van der Waals surface area contributed by atoms with Crippen molar-refractivity contribution in [2.24, 2.45) is 0 Å². The van der Waals surface area contributed by atoms with Crippen LogP contribution in [0.1, 0.15) is 0 Å². The van der Waals surface area contributed by atoms with E-state index in [1.165, 1.54) is 0 Å². The van der Waals surface area contributed by atoms with E-state index in [0.29, 0.717) is 5.82 Å². The summed E-state index contributed by atoms with van der Waals surface area (Å²) in [4.78, 5) is 14.4. The molecule has 0 saturated carbocycles. The monoisotopic (exact) mass is 717 g/mol. The molecule has 4 heterocycles. The third-order valence-corrected chi connectivity index (χ3v) is 10.6.